The molecule has 18 heavy (non-hydrogen) atoms. The molecule has 0 aliphatic heterocycles. The van der Waals surface area contributed by atoms with Crippen LogP contribution in [0, 0.1) is 0 Å². The summed E-state index contributed by atoms with van der Waals surface area (Å²) in [6.45, 7) is 3.62. The molecule has 0 spiro atoms. The summed E-state index contributed by atoms with van der Waals surface area (Å²) < 4.78 is 7.39. The van der Waals surface area contributed by atoms with E-state index in [9.17, 15) is 0 Å². The molecule has 4 heteroatoms. The smallest absolute Gasteiger partial charge is 0.111 e. The molecule has 2 aromatic rings. The number of rotatable bonds is 6. The predicted octanol–water partition coefficient (Wildman–Crippen LogP) is 1.96. The lowest BCUT2D eigenvalue weighted by molar-refractivity contribution is 0.187. The molecule has 1 atom stereocenters. The average molecular weight is 247 g/mol. The van der Waals surface area contributed by atoms with Crippen LogP contribution in [0.25, 0.3) is 11.0 Å². The van der Waals surface area contributed by atoms with Crippen molar-refractivity contribution in [1.29, 1.82) is 0 Å². The highest BCUT2D eigenvalue weighted by Gasteiger charge is 2.12. The molecule has 0 radical (unpaired) electrons. The molecule has 4 nitrogen and oxygen atoms in total. The van der Waals surface area contributed by atoms with Gasteiger partial charge >= 0.3 is 0 Å². The lowest BCUT2D eigenvalue weighted by atomic mass is 10.1. The minimum absolute atomic E-state index is 0.170. The van der Waals surface area contributed by atoms with Gasteiger partial charge in [-0.05, 0) is 18.6 Å². The van der Waals surface area contributed by atoms with Gasteiger partial charge in [0.2, 0.25) is 0 Å². The first-order chi connectivity index (χ1) is 8.76. The van der Waals surface area contributed by atoms with Crippen molar-refractivity contribution in [3.63, 3.8) is 0 Å². The van der Waals surface area contributed by atoms with Crippen LogP contribution in [0.2, 0.25) is 0 Å². The minimum atomic E-state index is 0.170. The third kappa shape index (κ3) is 2.71. The van der Waals surface area contributed by atoms with E-state index < -0.39 is 0 Å². The van der Waals surface area contributed by atoms with E-state index in [0.717, 1.165) is 36.2 Å². The Morgan fingerprint density at radius 3 is 2.89 bits per heavy atom. The SMILES string of the molecule is CCC(N)Cc1nc2ccccc2n1CCOC. The number of nitrogens with zero attached hydrogens (tertiary/aromatic N) is 2. The number of para-hydroxylation sites is 2. The Hall–Kier alpha value is -1.39. The maximum Gasteiger partial charge on any atom is 0.111 e. The van der Waals surface area contributed by atoms with Crippen molar-refractivity contribution >= 4 is 11.0 Å². The van der Waals surface area contributed by atoms with Gasteiger partial charge in [-0.1, -0.05) is 19.1 Å². The van der Waals surface area contributed by atoms with Crippen LogP contribution < -0.4 is 5.73 Å². The van der Waals surface area contributed by atoms with Gasteiger partial charge in [-0.2, -0.15) is 0 Å². The predicted molar refractivity (Wildman–Crippen MR) is 73.6 cm³/mol. The van der Waals surface area contributed by atoms with Crippen molar-refractivity contribution in [3.05, 3.63) is 30.1 Å². The van der Waals surface area contributed by atoms with E-state index in [1.165, 1.54) is 0 Å². The molecule has 2 N–H and O–H groups in total. The van der Waals surface area contributed by atoms with Crippen LogP contribution in [0.15, 0.2) is 24.3 Å². The summed E-state index contributed by atoms with van der Waals surface area (Å²) in [7, 11) is 1.72. The summed E-state index contributed by atoms with van der Waals surface area (Å²) in [6, 6.07) is 8.36. The molecular weight excluding hydrogens is 226 g/mol. The van der Waals surface area contributed by atoms with E-state index in [1.807, 2.05) is 18.2 Å². The lowest BCUT2D eigenvalue weighted by Gasteiger charge is -2.11. The average Bonchev–Trinajstić information content (AvgIpc) is 2.73. The van der Waals surface area contributed by atoms with E-state index >= 15 is 0 Å². The van der Waals surface area contributed by atoms with Gasteiger partial charge in [0, 0.05) is 26.1 Å². The van der Waals surface area contributed by atoms with E-state index in [0.29, 0.717) is 6.61 Å². The molecule has 1 aromatic heterocycles. The van der Waals surface area contributed by atoms with Gasteiger partial charge in [0.15, 0.2) is 0 Å². The molecule has 2 rings (SSSR count). The molecule has 0 bridgehead atoms. The summed E-state index contributed by atoms with van der Waals surface area (Å²) in [4.78, 5) is 4.68. The number of imidazole rings is 1. The number of fused-ring (bicyclic) bond motifs is 1. The van der Waals surface area contributed by atoms with Crippen molar-refractivity contribution in [1.82, 2.24) is 9.55 Å². The third-order valence-electron chi connectivity index (χ3n) is 3.22. The van der Waals surface area contributed by atoms with Crippen LogP contribution in [-0.2, 0) is 17.7 Å². The Labute approximate surface area is 108 Å². The number of hydrogen-bond acceptors (Lipinski definition) is 3. The Bertz CT molecular complexity index is 507. The van der Waals surface area contributed by atoms with E-state index in [4.69, 9.17) is 10.5 Å². The van der Waals surface area contributed by atoms with Crippen molar-refractivity contribution in [2.45, 2.75) is 32.4 Å². The van der Waals surface area contributed by atoms with Gasteiger partial charge in [0.25, 0.3) is 0 Å². The van der Waals surface area contributed by atoms with Gasteiger partial charge in [-0.15, -0.1) is 0 Å². The molecule has 1 aromatic carbocycles. The molecule has 0 saturated carbocycles. The molecule has 0 amide bonds. The summed E-state index contributed by atoms with van der Waals surface area (Å²) in [5, 5.41) is 0. The van der Waals surface area contributed by atoms with Crippen LogP contribution >= 0.6 is 0 Å². The molecule has 98 valence electrons. The number of ether oxygens (including phenoxy) is 1. The van der Waals surface area contributed by atoms with Crippen LogP contribution in [0.3, 0.4) is 0 Å². The standard InChI is InChI=1S/C14H21N3O/c1-3-11(15)10-14-16-12-6-4-5-7-13(12)17(14)8-9-18-2/h4-7,11H,3,8-10,15H2,1-2H3. The van der Waals surface area contributed by atoms with E-state index in [1.54, 1.807) is 7.11 Å². The second-order valence-corrected chi connectivity index (χ2v) is 4.53. The molecule has 0 saturated heterocycles. The second-order valence-electron chi connectivity index (χ2n) is 4.53. The van der Waals surface area contributed by atoms with Crippen molar-refractivity contribution < 1.29 is 4.74 Å². The van der Waals surface area contributed by atoms with Gasteiger partial charge in [-0.3, -0.25) is 0 Å². The van der Waals surface area contributed by atoms with Gasteiger partial charge in [-0.25, -0.2) is 4.98 Å². The topological polar surface area (TPSA) is 53.1 Å². The molecule has 0 aliphatic rings. The first-order valence-corrected chi connectivity index (χ1v) is 6.45. The normalized spacial score (nSPS) is 13.1. The highest BCUT2D eigenvalue weighted by atomic mass is 16.5. The Balaban J connectivity index is 2.36. The zero-order valence-corrected chi connectivity index (χ0v) is 11.1. The maximum atomic E-state index is 6.04. The number of aromatic nitrogens is 2. The fourth-order valence-corrected chi connectivity index (χ4v) is 2.09. The van der Waals surface area contributed by atoms with E-state index in [-0.39, 0.29) is 6.04 Å². The molecule has 1 heterocycles. The summed E-state index contributed by atoms with van der Waals surface area (Å²) in [5.74, 6) is 1.06. The van der Waals surface area contributed by atoms with Crippen LogP contribution in [-0.4, -0.2) is 29.3 Å². The Morgan fingerprint density at radius 1 is 1.39 bits per heavy atom. The first-order valence-electron chi connectivity index (χ1n) is 6.45. The fourth-order valence-electron chi connectivity index (χ4n) is 2.09. The lowest BCUT2D eigenvalue weighted by Crippen LogP contribution is -2.24. The summed E-state index contributed by atoms with van der Waals surface area (Å²) >= 11 is 0. The third-order valence-corrected chi connectivity index (χ3v) is 3.22. The highest BCUT2D eigenvalue weighted by molar-refractivity contribution is 5.75. The second kappa shape index (κ2) is 5.98. The summed E-state index contributed by atoms with van der Waals surface area (Å²) in [6.07, 6.45) is 1.78. The van der Waals surface area contributed by atoms with Gasteiger partial charge in [0.1, 0.15) is 5.82 Å². The number of methoxy groups -OCH3 is 1. The number of nitrogens with two attached hydrogens (primary N) is 1. The number of benzene rings is 1. The van der Waals surface area contributed by atoms with E-state index in [2.05, 4.69) is 22.5 Å². The molecular formula is C14H21N3O. The highest BCUT2D eigenvalue weighted by Crippen LogP contribution is 2.17. The zero-order chi connectivity index (χ0) is 13.0. The molecule has 0 fully saturated rings. The monoisotopic (exact) mass is 247 g/mol. The molecule has 0 aliphatic carbocycles. The largest absolute Gasteiger partial charge is 0.383 e. The first kappa shape index (κ1) is 13.1. The quantitative estimate of drug-likeness (QED) is 0.849. The maximum absolute atomic E-state index is 6.04. The number of hydrogen-bond donors (Lipinski definition) is 1. The van der Waals surface area contributed by atoms with Gasteiger partial charge < -0.3 is 15.0 Å². The van der Waals surface area contributed by atoms with Crippen molar-refractivity contribution in [2.75, 3.05) is 13.7 Å². The van der Waals surface area contributed by atoms with Crippen molar-refractivity contribution in [3.8, 4) is 0 Å². The van der Waals surface area contributed by atoms with Crippen LogP contribution in [0.1, 0.15) is 19.2 Å². The zero-order valence-electron chi connectivity index (χ0n) is 11.1. The molecule has 1 unspecified atom stereocenters. The Morgan fingerprint density at radius 2 is 2.17 bits per heavy atom. The van der Waals surface area contributed by atoms with Crippen molar-refractivity contribution in [2.24, 2.45) is 5.73 Å². The van der Waals surface area contributed by atoms with Gasteiger partial charge in [0.05, 0.1) is 17.6 Å². The van der Waals surface area contributed by atoms with Crippen LogP contribution in [0.4, 0.5) is 0 Å². The fraction of sp³-hybridized carbons (Fsp3) is 0.500. The van der Waals surface area contributed by atoms with Crippen LogP contribution in [0.5, 0.6) is 0 Å². The Kier molecular flexibility index (Phi) is 4.33. The summed E-state index contributed by atoms with van der Waals surface area (Å²) in [5.41, 5.74) is 8.23. The minimum Gasteiger partial charge on any atom is -0.383 e.